The lowest BCUT2D eigenvalue weighted by Crippen LogP contribution is -2.27. The fraction of sp³-hybridized carbons (Fsp3) is 0.389. The van der Waals surface area contributed by atoms with E-state index < -0.39 is 10.0 Å². The molecular formula is C18H22N6O3S. The minimum atomic E-state index is -3.69. The largest absolute Gasteiger partial charge is 0.495 e. The molecule has 0 amide bonds. The lowest BCUT2D eigenvalue weighted by Gasteiger charge is -2.15. The fourth-order valence-electron chi connectivity index (χ4n) is 3.31. The van der Waals surface area contributed by atoms with E-state index in [0.717, 1.165) is 18.9 Å². The molecule has 0 aliphatic carbocycles. The number of sulfonamides is 1. The highest BCUT2D eigenvalue weighted by Crippen LogP contribution is 2.22. The van der Waals surface area contributed by atoms with Crippen LogP contribution in [0.3, 0.4) is 0 Å². The van der Waals surface area contributed by atoms with E-state index in [0.29, 0.717) is 23.6 Å². The molecule has 3 aromatic rings. The highest BCUT2D eigenvalue weighted by atomic mass is 32.2. The van der Waals surface area contributed by atoms with Crippen LogP contribution in [0.4, 0.5) is 5.82 Å². The fourth-order valence-corrected chi connectivity index (χ4v) is 4.51. The second kappa shape index (κ2) is 7.72. The Morgan fingerprint density at radius 2 is 1.89 bits per heavy atom. The number of aromatic nitrogens is 4. The number of rotatable bonds is 7. The van der Waals surface area contributed by atoms with Crippen LogP contribution in [-0.4, -0.2) is 55.0 Å². The lowest BCUT2D eigenvalue weighted by molar-refractivity contribution is 0.402. The number of nitrogens with zero attached hydrogens (tertiary/aromatic N) is 5. The maximum Gasteiger partial charge on any atom is 0.244 e. The van der Waals surface area contributed by atoms with Gasteiger partial charge < -0.3 is 9.64 Å². The van der Waals surface area contributed by atoms with Gasteiger partial charge in [0.15, 0.2) is 11.5 Å². The van der Waals surface area contributed by atoms with Gasteiger partial charge in [0.2, 0.25) is 10.0 Å². The predicted molar refractivity (Wildman–Crippen MR) is 104 cm³/mol. The minimum absolute atomic E-state index is 0.109. The summed E-state index contributed by atoms with van der Waals surface area (Å²) >= 11 is 0. The van der Waals surface area contributed by atoms with Crippen molar-refractivity contribution in [2.45, 2.75) is 24.2 Å². The Hall–Kier alpha value is -2.72. The Morgan fingerprint density at radius 3 is 2.68 bits per heavy atom. The van der Waals surface area contributed by atoms with E-state index in [1.165, 1.54) is 26.0 Å². The number of methoxy groups -OCH3 is 1. The number of anilines is 1. The summed E-state index contributed by atoms with van der Waals surface area (Å²) in [6.07, 6.45) is 2.70. The van der Waals surface area contributed by atoms with Crippen molar-refractivity contribution in [3.05, 3.63) is 42.2 Å². The number of benzene rings is 1. The molecule has 9 nitrogen and oxygen atoms in total. The molecule has 10 heteroatoms. The van der Waals surface area contributed by atoms with Crippen molar-refractivity contribution >= 4 is 21.5 Å². The SMILES string of the molecule is COc1ccccc1S(=O)(=O)NCCc1nnc2ccc(N3CCCC3)nn12. The third-order valence-corrected chi connectivity index (χ3v) is 6.24. The van der Waals surface area contributed by atoms with E-state index in [1.54, 1.807) is 22.7 Å². The monoisotopic (exact) mass is 402 g/mol. The Kier molecular flexibility index (Phi) is 5.14. The molecule has 0 spiro atoms. The molecular weight excluding hydrogens is 380 g/mol. The molecule has 28 heavy (non-hydrogen) atoms. The lowest BCUT2D eigenvalue weighted by atomic mass is 10.3. The van der Waals surface area contributed by atoms with Gasteiger partial charge in [-0.25, -0.2) is 13.1 Å². The molecule has 1 aliphatic heterocycles. The maximum absolute atomic E-state index is 12.6. The van der Waals surface area contributed by atoms with Gasteiger partial charge in [-0.15, -0.1) is 15.3 Å². The first-order valence-corrected chi connectivity index (χ1v) is 10.7. The van der Waals surface area contributed by atoms with Crippen molar-refractivity contribution in [2.24, 2.45) is 0 Å². The Morgan fingerprint density at radius 1 is 1.11 bits per heavy atom. The van der Waals surface area contributed by atoms with Crippen molar-refractivity contribution in [1.29, 1.82) is 0 Å². The Bertz CT molecular complexity index is 1080. The zero-order chi connectivity index (χ0) is 19.6. The van der Waals surface area contributed by atoms with E-state index in [2.05, 4.69) is 24.9 Å². The van der Waals surface area contributed by atoms with Gasteiger partial charge >= 0.3 is 0 Å². The molecule has 4 rings (SSSR count). The number of hydrogen-bond acceptors (Lipinski definition) is 7. The molecule has 0 unspecified atom stereocenters. The molecule has 2 aromatic heterocycles. The van der Waals surface area contributed by atoms with Crippen LogP contribution < -0.4 is 14.4 Å². The van der Waals surface area contributed by atoms with Crippen LogP contribution in [0, 0.1) is 0 Å². The topological polar surface area (TPSA) is 102 Å². The summed E-state index contributed by atoms with van der Waals surface area (Å²) in [6, 6.07) is 10.3. The van der Waals surface area contributed by atoms with Gasteiger partial charge in [0.05, 0.1) is 7.11 Å². The van der Waals surface area contributed by atoms with Gasteiger partial charge in [-0.05, 0) is 37.1 Å². The molecule has 0 bridgehead atoms. The van der Waals surface area contributed by atoms with Gasteiger partial charge in [-0.1, -0.05) is 12.1 Å². The number of hydrogen-bond donors (Lipinski definition) is 1. The summed E-state index contributed by atoms with van der Waals surface area (Å²) in [5.74, 6) is 1.80. The zero-order valence-electron chi connectivity index (χ0n) is 15.6. The Balaban J connectivity index is 1.49. The molecule has 0 radical (unpaired) electrons. The third kappa shape index (κ3) is 3.65. The summed E-state index contributed by atoms with van der Waals surface area (Å²) < 4.78 is 34.6. The van der Waals surface area contributed by atoms with Crippen molar-refractivity contribution in [3.63, 3.8) is 0 Å². The molecule has 1 saturated heterocycles. The number of ether oxygens (including phenoxy) is 1. The van der Waals surface area contributed by atoms with Crippen molar-refractivity contribution in [2.75, 3.05) is 31.6 Å². The first kappa shape index (κ1) is 18.6. The van der Waals surface area contributed by atoms with Crippen LogP contribution in [0.25, 0.3) is 5.65 Å². The second-order valence-electron chi connectivity index (χ2n) is 6.57. The van der Waals surface area contributed by atoms with Gasteiger partial charge in [0, 0.05) is 26.1 Å². The summed E-state index contributed by atoms with van der Waals surface area (Å²) in [6.45, 7) is 2.17. The van der Waals surface area contributed by atoms with Crippen molar-refractivity contribution < 1.29 is 13.2 Å². The number of fused-ring (bicyclic) bond motifs is 1. The first-order valence-electron chi connectivity index (χ1n) is 9.17. The number of para-hydroxylation sites is 1. The van der Waals surface area contributed by atoms with E-state index >= 15 is 0 Å². The van der Waals surface area contributed by atoms with Crippen LogP contribution in [0.5, 0.6) is 5.75 Å². The molecule has 0 atom stereocenters. The van der Waals surface area contributed by atoms with Gasteiger partial charge in [0.25, 0.3) is 0 Å². The summed E-state index contributed by atoms with van der Waals surface area (Å²) in [7, 11) is -2.25. The van der Waals surface area contributed by atoms with Gasteiger partial charge in [-0.2, -0.15) is 4.52 Å². The van der Waals surface area contributed by atoms with Crippen LogP contribution in [0.2, 0.25) is 0 Å². The third-order valence-electron chi connectivity index (χ3n) is 4.74. The van der Waals surface area contributed by atoms with Gasteiger partial charge in [0.1, 0.15) is 16.5 Å². The van der Waals surface area contributed by atoms with Gasteiger partial charge in [-0.3, -0.25) is 0 Å². The molecule has 3 heterocycles. The van der Waals surface area contributed by atoms with E-state index in [-0.39, 0.29) is 11.4 Å². The Labute approximate surface area is 163 Å². The average Bonchev–Trinajstić information content (AvgIpc) is 3.38. The normalized spacial score (nSPS) is 14.7. The number of nitrogens with one attached hydrogen (secondary N) is 1. The standard InChI is InChI=1S/C18H22N6O3S/c1-27-14-6-2-3-7-15(14)28(25,26)19-11-10-17-21-20-16-8-9-18(22-24(16)17)23-12-4-5-13-23/h2-3,6-9,19H,4-5,10-13H2,1H3. The molecule has 1 aromatic carbocycles. The van der Waals surface area contributed by atoms with E-state index in [1.807, 2.05) is 12.1 Å². The molecule has 1 fully saturated rings. The quantitative estimate of drug-likeness (QED) is 0.635. The molecule has 1 aliphatic rings. The summed E-state index contributed by atoms with van der Waals surface area (Å²) in [5.41, 5.74) is 0.644. The highest BCUT2D eigenvalue weighted by Gasteiger charge is 2.19. The maximum atomic E-state index is 12.6. The highest BCUT2D eigenvalue weighted by molar-refractivity contribution is 7.89. The summed E-state index contributed by atoms with van der Waals surface area (Å²) in [5, 5.41) is 12.9. The molecule has 148 valence electrons. The zero-order valence-corrected chi connectivity index (χ0v) is 16.4. The second-order valence-corrected chi connectivity index (χ2v) is 8.31. The van der Waals surface area contributed by atoms with Crippen LogP contribution in [0.15, 0.2) is 41.3 Å². The minimum Gasteiger partial charge on any atom is -0.495 e. The van der Waals surface area contributed by atoms with Crippen molar-refractivity contribution in [3.8, 4) is 5.75 Å². The van der Waals surface area contributed by atoms with E-state index in [9.17, 15) is 8.42 Å². The predicted octanol–water partition coefficient (Wildman–Crippen LogP) is 1.25. The molecule has 0 saturated carbocycles. The molecule has 1 N–H and O–H groups in total. The van der Waals surface area contributed by atoms with E-state index in [4.69, 9.17) is 4.74 Å². The van der Waals surface area contributed by atoms with Crippen LogP contribution in [0.1, 0.15) is 18.7 Å². The van der Waals surface area contributed by atoms with Crippen molar-refractivity contribution in [1.82, 2.24) is 24.5 Å². The van der Waals surface area contributed by atoms with Crippen LogP contribution in [-0.2, 0) is 16.4 Å². The summed E-state index contributed by atoms with van der Waals surface area (Å²) in [4.78, 5) is 2.34. The first-order chi connectivity index (χ1) is 13.6. The smallest absolute Gasteiger partial charge is 0.244 e. The van der Waals surface area contributed by atoms with Crippen LogP contribution >= 0.6 is 0 Å². The average molecular weight is 402 g/mol.